The summed E-state index contributed by atoms with van der Waals surface area (Å²) in [4.78, 5) is 31.9. The van der Waals surface area contributed by atoms with Crippen molar-refractivity contribution in [3.8, 4) is 0 Å². The SMILES string of the molecule is Cc1sc(SSc2nc(CC(=O)O)c(C)s2)nc1CC(=O)O. The molecule has 0 fully saturated rings. The lowest BCUT2D eigenvalue weighted by molar-refractivity contribution is -0.137. The number of hydrogen-bond donors (Lipinski definition) is 2. The molecule has 0 atom stereocenters. The second kappa shape index (κ2) is 7.44. The average molecular weight is 377 g/mol. The van der Waals surface area contributed by atoms with Crippen LogP contribution >= 0.6 is 44.3 Å². The number of aryl methyl sites for hydroxylation is 2. The number of aliphatic carboxylic acids is 2. The van der Waals surface area contributed by atoms with Crippen LogP contribution in [0.3, 0.4) is 0 Å². The number of aromatic nitrogens is 2. The van der Waals surface area contributed by atoms with Gasteiger partial charge in [-0.2, -0.15) is 0 Å². The standard InChI is InChI=1S/C12H12N2O4S4/c1-5-7(3-9(15)16)13-11(19-5)21-22-12-14-8(4-10(17)18)6(2)20-12/h3-4H2,1-2H3,(H,15,16)(H,17,18). The van der Waals surface area contributed by atoms with Crippen LogP contribution in [0.15, 0.2) is 8.68 Å². The molecule has 0 aliphatic carbocycles. The minimum Gasteiger partial charge on any atom is -0.481 e. The van der Waals surface area contributed by atoms with Gasteiger partial charge in [0.2, 0.25) is 0 Å². The van der Waals surface area contributed by atoms with Gasteiger partial charge in [-0.15, -0.1) is 22.7 Å². The van der Waals surface area contributed by atoms with Gasteiger partial charge in [0.05, 0.1) is 24.2 Å². The zero-order valence-corrected chi connectivity index (χ0v) is 14.9. The zero-order valence-electron chi connectivity index (χ0n) is 11.7. The van der Waals surface area contributed by atoms with Gasteiger partial charge < -0.3 is 10.2 Å². The fourth-order valence-corrected chi connectivity index (χ4v) is 6.20. The summed E-state index contributed by atoms with van der Waals surface area (Å²) in [6, 6.07) is 0. The van der Waals surface area contributed by atoms with Crippen LogP contribution in [0.25, 0.3) is 0 Å². The zero-order chi connectivity index (χ0) is 16.3. The van der Waals surface area contributed by atoms with Gasteiger partial charge in [0.15, 0.2) is 8.68 Å². The Hall–Kier alpha value is -1.10. The van der Waals surface area contributed by atoms with E-state index in [0.717, 1.165) is 18.4 Å². The predicted molar refractivity (Wildman–Crippen MR) is 88.1 cm³/mol. The van der Waals surface area contributed by atoms with Gasteiger partial charge in [-0.05, 0) is 35.4 Å². The summed E-state index contributed by atoms with van der Waals surface area (Å²) in [5.41, 5.74) is 1.17. The van der Waals surface area contributed by atoms with Crippen molar-refractivity contribution in [2.24, 2.45) is 0 Å². The molecule has 2 aromatic rings. The molecule has 118 valence electrons. The van der Waals surface area contributed by atoms with Crippen LogP contribution in [-0.2, 0) is 22.4 Å². The number of carboxylic acid groups (broad SMARTS) is 2. The van der Waals surface area contributed by atoms with Crippen molar-refractivity contribution in [1.82, 2.24) is 9.97 Å². The Kier molecular flexibility index (Phi) is 5.84. The quantitative estimate of drug-likeness (QED) is 0.710. The van der Waals surface area contributed by atoms with E-state index in [-0.39, 0.29) is 12.8 Å². The highest BCUT2D eigenvalue weighted by Gasteiger charge is 2.15. The number of carbonyl (C=O) groups is 2. The fraction of sp³-hybridized carbons (Fsp3) is 0.333. The van der Waals surface area contributed by atoms with E-state index in [0.29, 0.717) is 11.4 Å². The third kappa shape index (κ3) is 4.70. The van der Waals surface area contributed by atoms with Gasteiger partial charge in [0.25, 0.3) is 0 Å². The molecule has 0 amide bonds. The highest BCUT2D eigenvalue weighted by molar-refractivity contribution is 8.77. The number of rotatable bonds is 7. The highest BCUT2D eigenvalue weighted by Crippen LogP contribution is 2.42. The maximum absolute atomic E-state index is 10.7. The monoisotopic (exact) mass is 376 g/mol. The van der Waals surface area contributed by atoms with Gasteiger partial charge in [-0.1, -0.05) is 0 Å². The molecule has 0 saturated carbocycles. The molecule has 0 saturated heterocycles. The number of carboxylic acids is 2. The average Bonchev–Trinajstić information content (AvgIpc) is 2.90. The van der Waals surface area contributed by atoms with E-state index < -0.39 is 11.9 Å². The molecule has 0 radical (unpaired) electrons. The van der Waals surface area contributed by atoms with Crippen molar-refractivity contribution in [3.63, 3.8) is 0 Å². The highest BCUT2D eigenvalue weighted by atomic mass is 33.1. The Morgan fingerprint density at radius 1 is 0.909 bits per heavy atom. The van der Waals surface area contributed by atoms with Gasteiger partial charge in [0, 0.05) is 9.75 Å². The minimum absolute atomic E-state index is 0.0767. The molecular weight excluding hydrogens is 364 g/mol. The summed E-state index contributed by atoms with van der Waals surface area (Å²) in [5, 5.41) is 17.6. The van der Waals surface area contributed by atoms with Gasteiger partial charge in [0.1, 0.15) is 0 Å². The van der Waals surface area contributed by atoms with E-state index >= 15 is 0 Å². The first-order valence-corrected chi connectivity index (χ1v) is 9.84. The Bertz CT molecular complexity index is 650. The molecule has 2 aromatic heterocycles. The maximum atomic E-state index is 10.7. The van der Waals surface area contributed by atoms with Crippen LogP contribution in [0.4, 0.5) is 0 Å². The lowest BCUT2D eigenvalue weighted by Crippen LogP contribution is -2.01. The summed E-state index contributed by atoms with van der Waals surface area (Å²) in [6.07, 6.45) is -0.153. The summed E-state index contributed by atoms with van der Waals surface area (Å²) in [5.74, 6) is -1.79. The topological polar surface area (TPSA) is 100 Å². The second-order valence-corrected chi connectivity index (χ2v) is 9.30. The Morgan fingerprint density at radius 2 is 1.27 bits per heavy atom. The molecule has 0 aromatic carbocycles. The molecule has 6 nitrogen and oxygen atoms in total. The van der Waals surface area contributed by atoms with Crippen molar-refractivity contribution in [2.75, 3.05) is 0 Å². The molecule has 0 spiro atoms. The first kappa shape index (κ1) is 17.3. The minimum atomic E-state index is -0.897. The van der Waals surface area contributed by atoms with E-state index in [2.05, 4.69) is 9.97 Å². The van der Waals surface area contributed by atoms with E-state index in [4.69, 9.17) is 10.2 Å². The van der Waals surface area contributed by atoms with Crippen molar-refractivity contribution >= 4 is 56.2 Å². The molecule has 2 rings (SSSR count). The largest absolute Gasteiger partial charge is 0.481 e. The summed E-state index contributed by atoms with van der Waals surface area (Å²) in [7, 11) is 2.82. The van der Waals surface area contributed by atoms with Crippen LogP contribution in [0.2, 0.25) is 0 Å². The summed E-state index contributed by atoms with van der Waals surface area (Å²) >= 11 is 2.90. The lowest BCUT2D eigenvalue weighted by atomic mass is 10.3. The van der Waals surface area contributed by atoms with E-state index in [1.165, 1.54) is 44.3 Å². The van der Waals surface area contributed by atoms with E-state index in [1.54, 1.807) is 0 Å². The lowest BCUT2D eigenvalue weighted by Gasteiger charge is -1.92. The smallest absolute Gasteiger partial charge is 0.309 e. The Morgan fingerprint density at radius 3 is 1.59 bits per heavy atom. The fourth-order valence-electron chi connectivity index (χ4n) is 1.56. The van der Waals surface area contributed by atoms with Gasteiger partial charge in [-0.3, -0.25) is 9.59 Å². The van der Waals surface area contributed by atoms with Crippen molar-refractivity contribution < 1.29 is 19.8 Å². The molecule has 2 heterocycles. The number of thiazole rings is 2. The molecule has 2 N–H and O–H groups in total. The summed E-state index contributed by atoms with van der Waals surface area (Å²) < 4.78 is 1.54. The van der Waals surface area contributed by atoms with Crippen LogP contribution in [0.5, 0.6) is 0 Å². The first-order valence-electron chi connectivity index (χ1n) is 6.06. The maximum Gasteiger partial charge on any atom is 0.309 e. The van der Waals surface area contributed by atoms with E-state index in [9.17, 15) is 9.59 Å². The van der Waals surface area contributed by atoms with Crippen LogP contribution in [0, 0.1) is 13.8 Å². The Balaban J connectivity index is 2.01. The predicted octanol–water partition coefficient (Wildman–Crippen LogP) is 3.27. The van der Waals surface area contributed by atoms with Crippen molar-refractivity contribution in [3.05, 3.63) is 21.1 Å². The van der Waals surface area contributed by atoms with E-state index in [1.807, 2.05) is 13.8 Å². The normalized spacial score (nSPS) is 10.8. The third-order valence-electron chi connectivity index (χ3n) is 2.57. The number of hydrogen-bond acceptors (Lipinski definition) is 8. The molecule has 0 aliphatic rings. The third-order valence-corrected chi connectivity index (χ3v) is 7.56. The number of nitrogens with zero attached hydrogens (tertiary/aromatic N) is 2. The second-order valence-electron chi connectivity index (χ2n) is 4.27. The van der Waals surface area contributed by atoms with Crippen LogP contribution in [0.1, 0.15) is 21.1 Å². The van der Waals surface area contributed by atoms with Gasteiger partial charge in [-0.25, -0.2) is 9.97 Å². The van der Waals surface area contributed by atoms with Crippen molar-refractivity contribution in [2.45, 2.75) is 35.4 Å². The molecule has 22 heavy (non-hydrogen) atoms. The molecule has 0 unspecified atom stereocenters. The van der Waals surface area contributed by atoms with Crippen molar-refractivity contribution in [1.29, 1.82) is 0 Å². The first-order chi connectivity index (χ1) is 10.3. The van der Waals surface area contributed by atoms with Crippen LogP contribution < -0.4 is 0 Å². The van der Waals surface area contributed by atoms with Crippen LogP contribution in [-0.4, -0.2) is 32.1 Å². The molecule has 10 heteroatoms. The Labute approximate surface area is 142 Å². The molecule has 0 aliphatic heterocycles. The van der Waals surface area contributed by atoms with Gasteiger partial charge >= 0.3 is 11.9 Å². The molecule has 0 bridgehead atoms. The molecular formula is C12H12N2O4S4. The summed E-state index contributed by atoms with van der Waals surface area (Å²) in [6.45, 7) is 3.70.